The highest BCUT2D eigenvalue weighted by Gasteiger charge is 2.44. The van der Waals surface area contributed by atoms with Gasteiger partial charge in [-0.1, -0.05) is 22.3 Å². The molecule has 0 saturated carbocycles. The molecule has 2 rings (SSSR count). The van der Waals surface area contributed by atoms with Gasteiger partial charge in [0.1, 0.15) is 0 Å². The Kier molecular flexibility index (Phi) is 5.04. The molecule has 0 aromatic rings. The summed E-state index contributed by atoms with van der Waals surface area (Å²) in [7, 11) is 0. The van der Waals surface area contributed by atoms with Crippen molar-refractivity contribution in [2.45, 2.75) is 92.9 Å². The second kappa shape index (κ2) is 6.34. The summed E-state index contributed by atoms with van der Waals surface area (Å²) < 4.78 is 0. The molecule has 1 heteroatoms. The Balaban J connectivity index is 2.36. The molecule has 0 fully saturated rings. The first-order chi connectivity index (χ1) is 10.2. The number of allylic oxidation sites excluding steroid dienone is 4. The minimum Gasteiger partial charge on any atom is -0.298 e. The van der Waals surface area contributed by atoms with Gasteiger partial charge in [0, 0.05) is 10.8 Å². The van der Waals surface area contributed by atoms with Crippen LogP contribution in [-0.4, -0.2) is 5.78 Å². The Morgan fingerprint density at radius 1 is 0.682 bits per heavy atom. The van der Waals surface area contributed by atoms with Crippen LogP contribution < -0.4 is 0 Å². The molecule has 2 aliphatic rings. The van der Waals surface area contributed by atoms with E-state index in [4.69, 9.17) is 0 Å². The van der Waals surface area contributed by atoms with Gasteiger partial charge in [0.2, 0.25) is 0 Å². The quantitative estimate of drug-likeness (QED) is 0.550. The molecule has 124 valence electrons. The maximum absolute atomic E-state index is 13.5. The van der Waals surface area contributed by atoms with E-state index in [2.05, 4.69) is 41.5 Å². The van der Waals surface area contributed by atoms with E-state index >= 15 is 0 Å². The molecule has 0 radical (unpaired) electrons. The molecule has 0 N–H and O–H groups in total. The molecule has 0 atom stereocenters. The summed E-state index contributed by atoms with van der Waals surface area (Å²) in [5, 5.41) is 0. The lowest BCUT2D eigenvalue weighted by Crippen LogP contribution is -2.40. The van der Waals surface area contributed by atoms with Crippen LogP contribution in [0, 0.1) is 10.8 Å². The first-order valence-electron chi connectivity index (χ1n) is 9.12. The minimum absolute atomic E-state index is 0.321. The third-order valence-electron chi connectivity index (χ3n) is 6.13. The van der Waals surface area contributed by atoms with Gasteiger partial charge in [0.05, 0.1) is 0 Å². The van der Waals surface area contributed by atoms with Gasteiger partial charge in [-0.2, -0.15) is 0 Å². The average Bonchev–Trinajstić information content (AvgIpc) is 2.47. The van der Waals surface area contributed by atoms with Gasteiger partial charge in [-0.3, -0.25) is 4.79 Å². The number of carbonyl (C=O) groups excluding carboxylic acids is 1. The van der Waals surface area contributed by atoms with Crippen molar-refractivity contribution in [1.29, 1.82) is 0 Å². The van der Waals surface area contributed by atoms with Crippen LogP contribution >= 0.6 is 0 Å². The van der Waals surface area contributed by atoms with Crippen molar-refractivity contribution < 1.29 is 4.79 Å². The Bertz CT molecular complexity index is 468. The maximum atomic E-state index is 13.5. The summed E-state index contributed by atoms with van der Waals surface area (Å²) in [6, 6.07) is 0. The summed E-state index contributed by atoms with van der Waals surface area (Å²) in [5.41, 5.74) is 5.14. The van der Waals surface area contributed by atoms with Crippen LogP contribution in [0.4, 0.5) is 0 Å². The highest BCUT2D eigenvalue weighted by Crippen LogP contribution is 2.47. The van der Waals surface area contributed by atoms with Crippen molar-refractivity contribution in [2.24, 2.45) is 10.8 Å². The van der Waals surface area contributed by atoms with Crippen LogP contribution in [-0.2, 0) is 4.79 Å². The minimum atomic E-state index is -0.321. The summed E-state index contributed by atoms with van der Waals surface area (Å²) in [6.07, 6.45) is 9.62. The Labute approximate surface area is 137 Å². The van der Waals surface area contributed by atoms with E-state index in [1.807, 2.05) is 0 Å². The van der Waals surface area contributed by atoms with E-state index in [1.165, 1.54) is 60.8 Å². The monoisotopic (exact) mass is 302 g/mol. The lowest BCUT2D eigenvalue weighted by Gasteiger charge is -2.40. The van der Waals surface area contributed by atoms with Crippen LogP contribution in [0.3, 0.4) is 0 Å². The topological polar surface area (TPSA) is 17.1 Å². The highest BCUT2D eigenvalue weighted by atomic mass is 16.1. The summed E-state index contributed by atoms with van der Waals surface area (Å²) in [5.74, 6) is 0.424. The van der Waals surface area contributed by atoms with E-state index in [0.717, 1.165) is 12.8 Å². The van der Waals surface area contributed by atoms with Crippen molar-refractivity contribution in [2.75, 3.05) is 0 Å². The molecule has 0 aromatic heterocycles. The molecule has 0 aliphatic heterocycles. The molecular formula is C21H34O. The molecule has 0 saturated heterocycles. The van der Waals surface area contributed by atoms with Gasteiger partial charge in [-0.25, -0.2) is 0 Å². The Morgan fingerprint density at radius 2 is 1.00 bits per heavy atom. The first kappa shape index (κ1) is 17.5. The zero-order valence-corrected chi connectivity index (χ0v) is 15.6. The lowest BCUT2D eigenvalue weighted by atomic mass is 9.62. The molecular weight excluding hydrogens is 268 g/mol. The van der Waals surface area contributed by atoms with Crippen molar-refractivity contribution in [3.63, 3.8) is 0 Å². The lowest BCUT2D eigenvalue weighted by molar-refractivity contribution is -0.132. The number of ketones is 1. The van der Waals surface area contributed by atoms with Crippen molar-refractivity contribution in [3.05, 3.63) is 22.3 Å². The number of Topliss-reactive ketones (excluding diaryl/α,β-unsaturated/α-hetero) is 1. The molecule has 0 aromatic carbocycles. The van der Waals surface area contributed by atoms with Crippen molar-refractivity contribution >= 4 is 5.78 Å². The van der Waals surface area contributed by atoms with Crippen LogP contribution in [0.5, 0.6) is 0 Å². The second-order valence-electron chi connectivity index (χ2n) is 8.51. The molecule has 1 nitrogen and oxygen atoms in total. The number of rotatable bonds is 4. The van der Waals surface area contributed by atoms with E-state index in [-0.39, 0.29) is 10.8 Å². The smallest absolute Gasteiger partial charge is 0.152 e. The molecule has 0 unspecified atom stereocenters. The van der Waals surface area contributed by atoms with Crippen LogP contribution in [0.2, 0.25) is 0 Å². The summed E-state index contributed by atoms with van der Waals surface area (Å²) in [4.78, 5) is 13.5. The van der Waals surface area contributed by atoms with E-state index in [0.29, 0.717) is 5.78 Å². The SMILES string of the molecule is CC1=C(C(C)(C)C(=O)C(C)(C)C2=C(C)CCCC2)CCCC1. The molecule has 22 heavy (non-hydrogen) atoms. The molecule has 2 aliphatic carbocycles. The van der Waals surface area contributed by atoms with Crippen LogP contribution in [0.15, 0.2) is 22.3 Å². The highest BCUT2D eigenvalue weighted by molar-refractivity contribution is 5.94. The normalized spacial score (nSPS) is 21.4. The summed E-state index contributed by atoms with van der Waals surface area (Å²) >= 11 is 0. The second-order valence-corrected chi connectivity index (χ2v) is 8.51. The zero-order valence-electron chi connectivity index (χ0n) is 15.6. The Morgan fingerprint density at radius 3 is 1.32 bits per heavy atom. The Hall–Kier alpha value is -0.850. The first-order valence-corrected chi connectivity index (χ1v) is 9.12. The van der Waals surface area contributed by atoms with Gasteiger partial charge in [0.15, 0.2) is 5.78 Å². The molecule has 0 heterocycles. The number of hydrogen-bond donors (Lipinski definition) is 0. The van der Waals surface area contributed by atoms with E-state index in [1.54, 1.807) is 0 Å². The van der Waals surface area contributed by atoms with Gasteiger partial charge < -0.3 is 0 Å². The van der Waals surface area contributed by atoms with Crippen LogP contribution in [0.1, 0.15) is 92.9 Å². The fraction of sp³-hybridized carbons (Fsp3) is 0.762. The van der Waals surface area contributed by atoms with Crippen molar-refractivity contribution in [3.8, 4) is 0 Å². The van der Waals surface area contributed by atoms with Crippen molar-refractivity contribution in [1.82, 2.24) is 0 Å². The van der Waals surface area contributed by atoms with Gasteiger partial charge in [0.25, 0.3) is 0 Å². The van der Waals surface area contributed by atoms with E-state index < -0.39 is 0 Å². The van der Waals surface area contributed by atoms with Crippen LogP contribution in [0.25, 0.3) is 0 Å². The average molecular weight is 303 g/mol. The van der Waals surface area contributed by atoms with Gasteiger partial charge in [-0.05, 0) is 92.9 Å². The summed E-state index contributed by atoms with van der Waals surface area (Å²) in [6.45, 7) is 13.1. The predicted molar refractivity (Wildman–Crippen MR) is 94.9 cm³/mol. The molecule has 0 bridgehead atoms. The largest absolute Gasteiger partial charge is 0.298 e. The molecule has 0 amide bonds. The predicted octanol–water partition coefficient (Wildman–Crippen LogP) is 6.39. The third-order valence-corrected chi connectivity index (χ3v) is 6.13. The standard InChI is InChI=1S/C21H34O/c1-15-11-7-9-13-17(15)20(3,4)19(22)21(5,6)18-14-10-8-12-16(18)2/h7-14H2,1-6H3. The third kappa shape index (κ3) is 3.09. The van der Waals surface area contributed by atoms with E-state index in [9.17, 15) is 4.79 Å². The maximum Gasteiger partial charge on any atom is 0.152 e. The number of hydrogen-bond acceptors (Lipinski definition) is 1. The number of carbonyl (C=O) groups is 1. The fourth-order valence-electron chi connectivity index (χ4n) is 4.86. The zero-order chi connectivity index (χ0) is 16.5. The van der Waals surface area contributed by atoms with Gasteiger partial charge in [-0.15, -0.1) is 0 Å². The fourth-order valence-corrected chi connectivity index (χ4v) is 4.86. The molecule has 0 spiro atoms. The van der Waals surface area contributed by atoms with Gasteiger partial charge >= 0.3 is 0 Å².